The minimum Gasteiger partial charge on any atom is -0.469 e. The van der Waals surface area contributed by atoms with Crippen LogP contribution in [0.25, 0.3) is 0 Å². The van der Waals surface area contributed by atoms with Gasteiger partial charge >= 0.3 is 5.97 Å². The number of allylic oxidation sites excluding steroid dienone is 4. The van der Waals surface area contributed by atoms with Crippen molar-refractivity contribution in [2.75, 3.05) is 7.11 Å². The molecule has 0 radical (unpaired) electrons. The molecule has 4 nitrogen and oxygen atoms in total. The van der Waals surface area contributed by atoms with E-state index < -0.39 is 5.60 Å². The summed E-state index contributed by atoms with van der Waals surface area (Å²) in [7, 11) is 1.41. The molecule has 2 unspecified atom stereocenters. The van der Waals surface area contributed by atoms with Crippen molar-refractivity contribution in [3.63, 3.8) is 0 Å². The second-order valence-corrected chi connectivity index (χ2v) is 11.4. The number of unbranched alkanes of at least 4 members (excludes halogenated alkanes) is 1. The Hall–Kier alpha value is -4.02. The monoisotopic (exact) mass is 590 g/mol. The van der Waals surface area contributed by atoms with Gasteiger partial charge in [0.15, 0.2) is 0 Å². The van der Waals surface area contributed by atoms with Gasteiger partial charge in [-0.1, -0.05) is 134 Å². The van der Waals surface area contributed by atoms with E-state index in [4.69, 9.17) is 9.47 Å². The van der Waals surface area contributed by atoms with Crippen molar-refractivity contribution < 1.29 is 19.1 Å². The lowest BCUT2D eigenvalue weighted by atomic mass is 9.79. The number of Topliss-reactive ketones (excluding diaryl/α,β-unsaturated/α-hetero) is 1. The molecule has 0 bridgehead atoms. The largest absolute Gasteiger partial charge is 0.469 e. The van der Waals surface area contributed by atoms with Crippen molar-refractivity contribution in [1.82, 2.24) is 0 Å². The predicted octanol–water partition coefficient (Wildman–Crippen LogP) is 9.16. The first-order valence-electron chi connectivity index (χ1n) is 16.0. The van der Waals surface area contributed by atoms with E-state index in [9.17, 15) is 9.59 Å². The van der Waals surface area contributed by atoms with Crippen LogP contribution in [0.2, 0.25) is 0 Å². The lowest BCUT2D eigenvalue weighted by Crippen LogP contribution is -2.36. The third-order valence-electron chi connectivity index (χ3n) is 8.40. The summed E-state index contributed by atoms with van der Waals surface area (Å²) >= 11 is 0. The van der Waals surface area contributed by atoms with Crippen LogP contribution in [0, 0.1) is 11.8 Å². The quantitative estimate of drug-likeness (QED) is 0.0722. The molecule has 3 aromatic rings. The van der Waals surface area contributed by atoms with Gasteiger partial charge in [0.1, 0.15) is 11.4 Å². The Morgan fingerprint density at radius 3 is 2.00 bits per heavy atom. The van der Waals surface area contributed by atoms with Gasteiger partial charge in [0, 0.05) is 18.8 Å². The van der Waals surface area contributed by atoms with Gasteiger partial charge in [-0.15, -0.1) is 0 Å². The first-order chi connectivity index (χ1) is 21.6. The van der Waals surface area contributed by atoms with E-state index >= 15 is 0 Å². The van der Waals surface area contributed by atoms with Gasteiger partial charge in [-0.3, -0.25) is 9.59 Å². The summed E-state index contributed by atoms with van der Waals surface area (Å²) < 4.78 is 12.1. The summed E-state index contributed by atoms with van der Waals surface area (Å²) in [6, 6.07) is 31.4. The lowest BCUT2D eigenvalue weighted by molar-refractivity contribution is -0.140. The molecule has 0 amide bonds. The SMILES string of the molecule is CC/C=C\CC(/C=C/[C@H]1CCC(=O)C1C/C=C\CCCC(=O)OC)OC(c1ccccc1)(c1ccccc1)c1ccccc1. The van der Waals surface area contributed by atoms with E-state index in [1.54, 1.807) is 0 Å². The standard InChI is InChI=1S/C40H46O4/c1-3-4-10-25-36(30-28-32-29-31-38(41)37(32)26-17-5-6-18-27-39(42)43-2)44-40(33-19-11-7-12-20-33,34-21-13-8-14-22-34)35-23-15-9-16-24-35/h4-5,7-17,19-24,28,30,32,36-37H,3,6,18,25-27,29,31H2,1-2H3/b10-4-,17-5-,30-28+/t32-,36?,37?/m0/s1. The van der Waals surface area contributed by atoms with Crippen LogP contribution >= 0.6 is 0 Å². The van der Waals surface area contributed by atoms with Gasteiger partial charge in [-0.2, -0.15) is 0 Å². The molecule has 0 aromatic heterocycles. The van der Waals surface area contributed by atoms with Crippen LogP contribution in [-0.4, -0.2) is 25.0 Å². The second-order valence-electron chi connectivity index (χ2n) is 11.4. The molecule has 4 heteroatoms. The average Bonchev–Trinajstić information content (AvgIpc) is 3.43. The molecule has 44 heavy (non-hydrogen) atoms. The highest BCUT2D eigenvalue weighted by molar-refractivity contribution is 5.83. The number of ketones is 1. The number of esters is 1. The molecule has 0 N–H and O–H groups in total. The summed E-state index contributed by atoms with van der Waals surface area (Å²) in [5.74, 6) is 0.283. The van der Waals surface area contributed by atoms with Crippen molar-refractivity contribution in [1.29, 1.82) is 0 Å². The van der Waals surface area contributed by atoms with E-state index in [0.717, 1.165) is 55.2 Å². The maximum Gasteiger partial charge on any atom is 0.305 e. The summed E-state index contributed by atoms with van der Waals surface area (Å²) in [6.07, 6.45) is 18.6. The number of carbonyl (C=O) groups is 2. The highest BCUT2D eigenvalue weighted by Gasteiger charge is 2.39. The molecule has 0 aliphatic heterocycles. The van der Waals surface area contributed by atoms with Crippen molar-refractivity contribution in [3.05, 3.63) is 144 Å². The lowest BCUT2D eigenvalue weighted by Gasteiger charge is -2.38. The maximum atomic E-state index is 12.9. The number of rotatable bonds is 16. The van der Waals surface area contributed by atoms with Gasteiger partial charge in [-0.25, -0.2) is 0 Å². The Bertz CT molecular complexity index is 1280. The van der Waals surface area contributed by atoms with Gasteiger partial charge in [0.05, 0.1) is 13.2 Å². The van der Waals surface area contributed by atoms with E-state index in [2.05, 4.69) is 116 Å². The Morgan fingerprint density at radius 2 is 1.45 bits per heavy atom. The molecule has 0 saturated heterocycles. The zero-order chi connectivity index (χ0) is 31.0. The van der Waals surface area contributed by atoms with Crippen molar-refractivity contribution in [2.24, 2.45) is 11.8 Å². The molecule has 3 aromatic carbocycles. The van der Waals surface area contributed by atoms with Crippen molar-refractivity contribution in [3.8, 4) is 0 Å². The molecule has 4 rings (SSSR count). The highest BCUT2D eigenvalue weighted by Crippen LogP contribution is 2.42. The Balaban J connectivity index is 1.62. The maximum absolute atomic E-state index is 12.9. The highest BCUT2D eigenvalue weighted by atomic mass is 16.5. The van der Waals surface area contributed by atoms with Crippen LogP contribution in [0.1, 0.15) is 75.0 Å². The smallest absolute Gasteiger partial charge is 0.305 e. The summed E-state index contributed by atoms with van der Waals surface area (Å²) in [4.78, 5) is 24.3. The number of methoxy groups -OCH3 is 1. The molecule has 1 aliphatic rings. The molecule has 0 heterocycles. The number of carbonyl (C=O) groups excluding carboxylic acids is 2. The predicted molar refractivity (Wildman–Crippen MR) is 178 cm³/mol. The minimum atomic E-state index is -0.823. The van der Waals surface area contributed by atoms with Crippen LogP contribution in [0.4, 0.5) is 0 Å². The molecule has 1 saturated carbocycles. The van der Waals surface area contributed by atoms with Crippen LogP contribution in [-0.2, 0) is 24.7 Å². The van der Waals surface area contributed by atoms with Crippen LogP contribution < -0.4 is 0 Å². The molecule has 1 fully saturated rings. The average molecular weight is 591 g/mol. The first-order valence-corrected chi connectivity index (χ1v) is 16.0. The topological polar surface area (TPSA) is 52.6 Å². The Labute approximate surface area is 263 Å². The zero-order valence-electron chi connectivity index (χ0n) is 26.1. The molecule has 230 valence electrons. The zero-order valence-corrected chi connectivity index (χ0v) is 26.1. The number of ether oxygens (including phenoxy) is 2. The van der Waals surface area contributed by atoms with Crippen molar-refractivity contribution in [2.45, 2.75) is 70.0 Å². The Morgan fingerprint density at radius 1 is 0.864 bits per heavy atom. The fourth-order valence-electron chi connectivity index (χ4n) is 6.08. The molecule has 3 atom stereocenters. The minimum absolute atomic E-state index is 0.0305. The summed E-state index contributed by atoms with van der Waals surface area (Å²) in [5, 5.41) is 0. The van der Waals surface area contributed by atoms with Gasteiger partial charge < -0.3 is 9.47 Å². The molecule has 1 aliphatic carbocycles. The summed E-state index contributed by atoms with van der Waals surface area (Å²) in [6.45, 7) is 2.14. The third-order valence-corrected chi connectivity index (χ3v) is 8.40. The van der Waals surface area contributed by atoms with Crippen molar-refractivity contribution >= 4 is 11.8 Å². The summed E-state index contributed by atoms with van der Waals surface area (Å²) in [5.41, 5.74) is 2.39. The van der Waals surface area contributed by atoms with E-state index in [1.807, 2.05) is 18.2 Å². The number of benzene rings is 3. The fraction of sp³-hybridized carbons (Fsp3) is 0.350. The normalized spacial score (nSPS) is 18.0. The molecular weight excluding hydrogens is 544 g/mol. The fourth-order valence-corrected chi connectivity index (χ4v) is 6.08. The third kappa shape index (κ3) is 8.76. The van der Waals surface area contributed by atoms with Crippen LogP contribution in [0.3, 0.4) is 0 Å². The van der Waals surface area contributed by atoms with E-state index in [-0.39, 0.29) is 23.9 Å². The van der Waals surface area contributed by atoms with Gasteiger partial charge in [-0.05, 0) is 61.1 Å². The molecule has 0 spiro atoms. The Kier molecular flexibility index (Phi) is 12.9. The van der Waals surface area contributed by atoms with E-state index in [1.165, 1.54) is 7.11 Å². The second kappa shape index (κ2) is 17.3. The van der Waals surface area contributed by atoms with Crippen LogP contribution in [0.15, 0.2) is 127 Å². The number of hydrogen-bond donors (Lipinski definition) is 0. The van der Waals surface area contributed by atoms with Crippen LogP contribution in [0.5, 0.6) is 0 Å². The van der Waals surface area contributed by atoms with Gasteiger partial charge in [0.2, 0.25) is 0 Å². The number of hydrogen-bond acceptors (Lipinski definition) is 4. The first kappa shape index (κ1) is 32.9. The van der Waals surface area contributed by atoms with Gasteiger partial charge in [0.25, 0.3) is 0 Å². The molecular formula is C40H46O4. The van der Waals surface area contributed by atoms with E-state index in [0.29, 0.717) is 18.6 Å².